The predicted molar refractivity (Wildman–Crippen MR) is 113 cm³/mol. The van der Waals surface area contributed by atoms with Crippen molar-refractivity contribution in [2.24, 2.45) is 0 Å². The van der Waals surface area contributed by atoms with Crippen LogP contribution in [-0.4, -0.2) is 60.9 Å². The van der Waals surface area contributed by atoms with Crippen LogP contribution in [0.3, 0.4) is 0 Å². The fourth-order valence-electron chi connectivity index (χ4n) is 4.06. The van der Waals surface area contributed by atoms with E-state index in [2.05, 4.69) is 28.5 Å². The smallest absolute Gasteiger partial charge is 0.241 e. The van der Waals surface area contributed by atoms with E-state index in [9.17, 15) is 9.59 Å². The van der Waals surface area contributed by atoms with Crippen molar-refractivity contribution in [3.63, 3.8) is 0 Å². The first-order valence-corrected chi connectivity index (χ1v) is 11.0. The maximum absolute atomic E-state index is 12.8. The first-order chi connectivity index (χ1) is 13.7. The summed E-state index contributed by atoms with van der Waals surface area (Å²) in [5.74, 6) is 0.414. The van der Waals surface area contributed by atoms with Crippen molar-refractivity contribution in [1.29, 1.82) is 0 Å². The average molecular weight is 398 g/mol. The van der Waals surface area contributed by atoms with Crippen LogP contribution >= 0.6 is 11.3 Å². The van der Waals surface area contributed by atoms with Gasteiger partial charge in [-0.05, 0) is 42.3 Å². The first-order valence-electron chi connectivity index (χ1n) is 10.1. The van der Waals surface area contributed by atoms with Crippen molar-refractivity contribution in [1.82, 2.24) is 9.80 Å². The second-order valence-corrected chi connectivity index (χ2v) is 8.55. The molecule has 0 unspecified atom stereocenters. The molecule has 2 aromatic rings. The molecule has 1 saturated heterocycles. The maximum Gasteiger partial charge on any atom is 0.241 e. The molecule has 4 rings (SSSR count). The number of benzene rings is 1. The summed E-state index contributed by atoms with van der Waals surface area (Å²) in [4.78, 5) is 32.6. The van der Waals surface area contributed by atoms with Gasteiger partial charge in [0.05, 0.1) is 6.54 Å². The lowest BCUT2D eigenvalue weighted by molar-refractivity contribution is -0.133. The fraction of sp³-hybridized carbons (Fsp3) is 0.455. The van der Waals surface area contributed by atoms with E-state index in [0.29, 0.717) is 13.0 Å². The molecule has 1 fully saturated rings. The molecule has 0 N–H and O–H groups in total. The zero-order valence-corrected chi connectivity index (χ0v) is 17.0. The third-order valence-electron chi connectivity index (χ3n) is 5.67. The Kier molecular flexibility index (Phi) is 6.07. The number of rotatable bonds is 6. The van der Waals surface area contributed by atoms with Gasteiger partial charge in [-0.2, -0.15) is 0 Å². The highest BCUT2D eigenvalue weighted by Gasteiger charge is 2.27. The minimum atomic E-state index is 0.167. The molecule has 6 heteroatoms. The summed E-state index contributed by atoms with van der Waals surface area (Å²) in [6.07, 6.45) is 3.44. The SMILES string of the molecule is O=C(CCCc1cccs1)N1CCN(CC(=O)N2CCc3ccccc32)CC1. The molecule has 0 bridgehead atoms. The second kappa shape index (κ2) is 8.88. The minimum Gasteiger partial charge on any atom is -0.340 e. The van der Waals surface area contributed by atoms with E-state index in [4.69, 9.17) is 0 Å². The fourth-order valence-corrected chi connectivity index (χ4v) is 4.81. The Morgan fingerprint density at radius 3 is 2.54 bits per heavy atom. The van der Waals surface area contributed by atoms with Crippen molar-refractivity contribution in [3.05, 3.63) is 52.2 Å². The number of amides is 2. The van der Waals surface area contributed by atoms with Crippen LogP contribution in [0.2, 0.25) is 0 Å². The third-order valence-corrected chi connectivity index (χ3v) is 6.60. The molecule has 0 saturated carbocycles. The molecule has 0 radical (unpaired) electrons. The van der Waals surface area contributed by atoms with Gasteiger partial charge in [-0.25, -0.2) is 0 Å². The zero-order chi connectivity index (χ0) is 19.3. The topological polar surface area (TPSA) is 43.9 Å². The molecule has 1 aromatic carbocycles. The van der Waals surface area contributed by atoms with Crippen molar-refractivity contribution in [2.75, 3.05) is 44.2 Å². The van der Waals surface area contributed by atoms with Crippen LogP contribution in [0.15, 0.2) is 41.8 Å². The number of aryl methyl sites for hydroxylation is 1. The number of piperazine rings is 1. The molecular formula is C22H27N3O2S. The summed E-state index contributed by atoms with van der Waals surface area (Å²) in [6.45, 7) is 4.22. The van der Waals surface area contributed by atoms with Crippen LogP contribution in [0.1, 0.15) is 23.3 Å². The summed E-state index contributed by atoms with van der Waals surface area (Å²) in [7, 11) is 0. The van der Waals surface area contributed by atoms with Crippen LogP contribution in [0, 0.1) is 0 Å². The van der Waals surface area contributed by atoms with Crippen molar-refractivity contribution < 1.29 is 9.59 Å². The molecule has 3 heterocycles. The van der Waals surface area contributed by atoms with Crippen LogP contribution in [0.4, 0.5) is 5.69 Å². The van der Waals surface area contributed by atoms with Crippen molar-refractivity contribution >= 4 is 28.8 Å². The van der Waals surface area contributed by atoms with Gasteiger partial charge in [0.15, 0.2) is 0 Å². The molecule has 1 aromatic heterocycles. The quantitative estimate of drug-likeness (QED) is 0.753. The summed E-state index contributed by atoms with van der Waals surface area (Å²) in [6, 6.07) is 12.3. The van der Waals surface area contributed by atoms with Gasteiger partial charge in [-0.3, -0.25) is 14.5 Å². The van der Waals surface area contributed by atoms with Crippen molar-refractivity contribution in [2.45, 2.75) is 25.7 Å². The number of para-hydroxylation sites is 1. The van der Waals surface area contributed by atoms with Gasteiger partial charge in [0.2, 0.25) is 11.8 Å². The minimum absolute atomic E-state index is 0.167. The number of carbonyl (C=O) groups excluding carboxylic acids is 2. The average Bonchev–Trinajstić information content (AvgIpc) is 3.38. The van der Waals surface area contributed by atoms with E-state index in [1.807, 2.05) is 28.0 Å². The molecule has 0 spiro atoms. The van der Waals surface area contributed by atoms with Gasteiger partial charge in [-0.1, -0.05) is 24.3 Å². The highest BCUT2D eigenvalue weighted by atomic mass is 32.1. The largest absolute Gasteiger partial charge is 0.340 e. The summed E-state index contributed by atoms with van der Waals surface area (Å²) >= 11 is 1.75. The number of carbonyl (C=O) groups is 2. The molecule has 148 valence electrons. The van der Waals surface area contributed by atoms with Crippen LogP contribution < -0.4 is 4.90 Å². The number of anilines is 1. The molecule has 0 atom stereocenters. The standard InChI is InChI=1S/C22H27N3O2S/c26-21(9-3-6-19-7-4-16-28-19)24-14-12-23(13-15-24)17-22(27)25-11-10-18-5-1-2-8-20(18)25/h1-2,4-5,7-8,16H,3,6,9-15,17H2. The van der Waals surface area contributed by atoms with Crippen LogP contribution in [0.25, 0.3) is 0 Å². The molecule has 2 aliphatic rings. The third kappa shape index (κ3) is 4.45. The van der Waals surface area contributed by atoms with Gasteiger partial charge in [-0.15, -0.1) is 11.3 Å². The Labute approximate surface area is 170 Å². The Balaban J connectivity index is 1.20. The van der Waals surface area contributed by atoms with Gasteiger partial charge >= 0.3 is 0 Å². The Morgan fingerprint density at radius 1 is 0.929 bits per heavy atom. The normalized spacial score (nSPS) is 17.0. The van der Waals surface area contributed by atoms with E-state index in [0.717, 1.165) is 57.7 Å². The second-order valence-electron chi connectivity index (χ2n) is 7.51. The molecular weight excluding hydrogens is 370 g/mol. The predicted octanol–water partition coefficient (Wildman–Crippen LogP) is 2.80. The summed E-state index contributed by atoms with van der Waals surface area (Å²) < 4.78 is 0. The van der Waals surface area contributed by atoms with Crippen molar-refractivity contribution in [3.8, 4) is 0 Å². The zero-order valence-electron chi connectivity index (χ0n) is 16.2. The number of fused-ring (bicyclic) bond motifs is 1. The van der Waals surface area contributed by atoms with Gasteiger partial charge < -0.3 is 9.80 Å². The van der Waals surface area contributed by atoms with Gasteiger partial charge in [0.1, 0.15) is 0 Å². The monoisotopic (exact) mass is 397 g/mol. The number of nitrogens with zero attached hydrogens (tertiary/aromatic N) is 3. The number of hydrogen-bond donors (Lipinski definition) is 0. The molecule has 2 aliphatic heterocycles. The number of hydrogen-bond acceptors (Lipinski definition) is 4. The van der Waals surface area contributed by atoms with E-state index >= 15 is 0 Å². The van der Waals surface area contributed by atoms with E-state index in [-0.39, 0.29) is 11.8 Å². The highest BCUT2D eigenvalue weighted by Crippen LogP contribution is 2.27. The van der Waals surface area contributed by atoms with E-state index < -0.39 is 0 Å². The van der Waals surface area contributed by atoms with Crippen LogP contribution in [-0.2, 0) is 22.4 Å². The Hall–Kier alpha value is -2.18. The van der Waals surface area contributed by atoms with Crippen LogP contribution in [0.5, 0.6) is 0 Å². The summed E-state index contributed by atoms with van der Waals surface area (Å²) in [5, 5.41) is 2.08. The van der Waals surface area contributed by atoms with Gasteiger partial charge in [0.25, 0.3) is 0 Å². The van der Waals surface area contributed by atoms with E-state index in [1.165, 1.54) is 10.4 Å². The lowest BCUT2D eigenvalue weighted by Crippen LogP contribution is -2.51. The molecule has 5 nitrogen and oxygen atoms in total. The lowest BCUT2D eigenvalue weighted by Gasteiger charge is -2.35. The lowest BCUT2D eigenvalue weighted by atomic mass is 10.2. The number of thiophene rings is 1. The molecule has 2 amide bonds. The molecule has 0 aliphatic carbocycles. The Bertz CT molecular complexity index is 813. The first kappa shape index (κ1) is 19.2. The Morgan fingerprint density at radius 2 is 1.75 bits per heavy atom. The molecule has 28 heavy (non-hydrogen) atoms. The maximum atomic E-state index is 12.8. The highest BCUT2D eigenvalue weighted by molar-refractivity contribution is 7.09. The van der Waals surface area contributed by atoms with E-state index in [1.54, 1.807) is 11.3 Å². The summed E-state index contributed by atoms with van der Waals surface area (Å²) in [5.41, 5.74) is 2.32. The van der Waals surface area contributed by atoms with Gasteiger partial charge in [0, 0.05) is 49.7 Å².